The second-order valence-corrected chi connectivity index (χ2v) is 9.06. The van der Waals surface area contributed by atoms with Crippen LogP contribution in [0.5, 0.6) is 5.75 Å². The topological polar surface area (TPSA) is 104 Å². The van der Waals surface area contributed by atoms with Crippen LogP contribution < -0.4 is 4.65 Å². The van der Waals surface area contributed by atoms with Gasteiger partial charge in [-0.1, -0.05) is 36.4 Å². The van der Waals surface area contributed by atoms with Gasteiger partial charge in [-0.25, -0.2) is 0 Å². The van der Waals surface area contributed by atoms with E-state index < -0.39 is 18.9 Å². The Bertz CT molecular complexity index is 1050. The number of carbonyl (C=O) groups excluding carboxylic acids is 2. The van der Waals surface area contributed by atoms with E-state index in [2.05, 4.69) is 4.90 Å². The van der Waals surface area contributed by atoms with E-state index in [0.717, 1.165) is 30.5 Å². The summed E-state index contributed by atoms with van der Waals surface area (Å²) in [6, 6.07) is 12.7. The van der Waals surface area contributed by atoms with E-state index in [1.807, 2.05) is 18.2 Å². The SMILES string of the molecule is CC(=O)c1cccc2c1OB(O)[C@@H](CC(=O)c1ccc(CN3CCCC(C(=O)O)C3)cc1)C2. The molecule has 1 fully saturated rings. The number of rotatable bonds is 7. The minimum absolute atomic E-state index is 0.0794. The average Bonchev–Trinajstić information content (AvgIpc) is 2.79. The fourth-order valence-electron chi connectivity index (χ4n) is 4.75. The van der Waals surface area contributed by atoms with Gasteiger partial charge in [0.25, 0.3) is 0 Å². The molecule has 2 aromatic carbocycles. The number of hydrogen-bond acceptors (Lipinski definition) is 6. The lowest BCUT2D eigenvalue weighted by molar-refractivity contribution is -0.143. The molecular weight excluding hydrogens is 421 g/mol. The van der Waals surface area contributed by atoms with Crippen molar-refractivity contribution in [2.24, 2.45) is 5.92 Å². The summed E-state index contributed by atoms with van der Waals surface area (Å²) in [4.78, 5) is 38.1. The normalized spacial score (nSPS) is 20.6. The van der Waals surface area contributed by atoms with Crippen molar-refractivity contribution < 1.29 is 29.2 Å². The summed E-state index contributed by atoms with van der Waals surface area (Å²) >= 11 is 0. The summed E-state index contributed by atoms with van der Waals surface area (Å²) in [5, 5.41) is 19.7. The van der Waals surface area contributed by atoms with Crippen molar-refractivity contribution in [3.05, 3.63) is 64.7 Å². The highest BCUT2D eigenvalue weighted by Gasteiger charge is 2.37. The predicted molar refractivity (Wildman–Crippen MR) is 124 cm³/mol. The first-order valence-corrected chi connectivity index (χ1v) is 11.4. The quantitative estimate of drug-likeness (QED) is 0.494. The molecular formula is C25H28BNO6. The standard InChI is InChI=1S/C25H28BNO6/c1-16(28)22-6-2-4-19-12-21(26(32)33-24(19)22)13-23(29)18-9-7-17(8-10-18)14-27-11-3-5-20(15-27)25(30)31/h2,4,6-10,20-21,32H,3,5,11-15H2,1H3,(H,30,31)/t20?,21-/m1/s1. The molecule has 0 aromatic heterocycles. The number of ketones is 2. The largest absolute Gasteiger partial charge is 0.535 e. The highest BCUT2D eigenvalue weighted by molar-refractivity contribution is 6.47. The maximum atomic E-state index is 12.9. The van der Waals surface area contributed by atoms with Crippen LogP contribution in [-0.2, 0) is 17.8 Å². The number of benzene rings is 2. The average molecular weight is 449 g/mol. The van der Waals surface area contributed by atoms with Gasteiger partial charge in [0.1, 0.15) is 5.75 Å². The second kappa shape index (κ2) is 9.89. The Labute approximate surface area is 193 Å². The minimum Gasteiger partial charge on any atom is -0.535 e. The Balaban J connectivity index is 1.37. The number of likely N-dealkylation sites (tertiary alicyclic amines) is 1. The monoisotopic (exact) mass is 449 g/mol. The van der Waals surface area contributed by atoms with Crippen LogP contribution in [0.2, 0.25) is 5.82 Å². The van der Waals surface area contributed by atoms with E-state index in [9.17, 15) is 24.5 Å². The predicted octanol–water partition coefficient (Wildman–Crippen LogP) is 3.24. The van der Waals surface area contributed by atoms with E-state index in [4.69, 9.17) is 4.65 Å². The molecule has 2 aliphatic heterocycles. The van der Waals surface area contributed by atoms with E-state index in [-0.39, 0.29) is 23.9 Å². The van der Waals surface area contributed by atoms with Crippen LogP contribution in [0.25, 0.3) is 0 Å². The minimum atomic E-state index is -1.15. The third kappa shape index (κ3) is 5.34. The Morgan fingerprint density at radius 2 is 1.91 bits per heavy atom. The molecule has 0 bridgehead atoms. The molecule has 2 aromatic rings. The van der Waals surface area contributed by atoms with Gasteiger partial charge in [-0.3, -0.25) is 19.3 Å². The van der Waals surface area contributed by atoms with Gasteiger partial charge in [0.15, 0.2) is 11.6 Å². The third-order valence-electron chi connectivity index (χ3n) is 6.58. The number of carboxylic acids is 1. The first-order valence-electron chi connectivity index (χ1n) is 11.4. The number of fused-ring (bicyclic) bond motifs is 1. The van der Waals surface area contributed by atoms with Crippen molar-refractivity contribution >= 4 is 24.7 Å². The Kier molecular flexibility index (Phi) is 6.95. The zero-order valence-corrected chi connectivity index (χ0v) is 18.7. The highest BCUT2D eigenvalue weighted by atomic mass is 16.5. The Morgan fingerprint density at radius 3 is 2.61 bits per heavy atom. The van der Waals surface area contributed by atoms with Gasteiger partial charge in [0.2, 0.25) is 0 Å². The fourth-order valence-corrected chi connectivity index (χ4v) is 4.75. The van der Waals surface area contributed by atoms with Gasteiger partial charge in [-0.15, -0.1) is 0 Å². The van der Waals surface area contributed by atoms with E-state index in [0.29, 0.717) is 36.4 Å². The van der Waals surface area contributed by atoms with Crippen LogP contribution in [0.3, 0.4) is 0 Å². The number of Topliss-reactive ketones (excluding diaryl/α,β-unsaturated/α-hetero) is 2. The third-order valence-corrected chi connectivity index (χ3v) is 6.58. The van der Waals surface area contributed by atoms with E-state index >= 15 is 0 Å². The number of nitrogens with zero attached hydrogens (tertiary/aromatic N) is 1. The van der Waals surface area contributed by atoms with Crippen LogP contribution in [0.15, 0.2) is 42.5 Å². The molecule has 33 heavy (non-hydrogen) atoms. The second-order valence-electron chi connectivity index (χ2n) is 9.06. The number of aliphatic carboxylic acids is 1. The molecule has 7 nitrogen and oxygen atoms in total. The Morgan fingerprint density at radius 1 is 1.15 bits per heavy atom. The van der Waals surface area contributed by atoms with Crippen LogP contribution in [-0.4, -0.2) is 52.8 Å². The molecule has 0 radical (unpaired) electrons. The zero-order valence-electron chi connectivity index (χ0n) is 18.7. The summed E-state index contributed by atoms with van der Waals surface area (Å²) in [6.07, 6.45) is 2.19. The molecule has 8 heteroatoms. The van der Waals surface area contributed by atoms with Crippen molar-refractivity contribution in [3.63, 3.8) is 0 Å². The summed E-state index contributed by atoms with van der Waals surface area (Å²) in [5.74, 6) is -1.25. The first-order chi connectivity index (χ1) is 15.8. The molecule has 4 rings (SSSR count). The van der Waals surface area contributed by atoms with Gasteiger partial charge >= 0.3 is 13.1 Å². The molecule has 0 aliphatic carbocycles. The lowest BCUT2D eigenvalue weighted by Crippen LogP contribution is -2.38. The number of carboxylic acid groups (broad SMARTS) is 1. The molecule has 2 atom stereocenters. The van der Waals surface area contributed by atoms with Crippen molar-refractivity contribution in [2.75, 3.05) is 13.1 Å². The van der Waals surface area contributed by atoms with Crippen LogP contribution in [0, 0.1) is 5.92 Å². The molecule has 0 saturated carbocycles. The number of piperidine rings is 1. The summed E-state index contributed by atoms with van der Waals surface area (Å²) in [7, 11) is -1.15. The molecule has 172 valence electrons. The summed E-state index contributed by atoms with van der Waals surface area (Å²) in [5.41, 5.74) is 2.86. The molecule has 1 unspecified atom stereocenters. The van der Waals surface area contributed by atoms with Gasteiger partial charge in [0, 0.05) is 30.9 Å². The lowest BCUT2D eigenvalue weighted by atomic mass is 9.64. The van der Waals surface area contributed by atoms with Gasteiger partial charge in [-0.05, 0) is 49.9 Å². The van der Waals surface area contributed by atoms with Crippen molar-refractivity contribution in [1.29, 1.82) is 0 Å². The summed E-state index contributed by atoms with van der Waals surface area (Å²) in [6.45, 7) is 3.53. The van der Waals surface area contributed by atoms with Gasteiger partial charge in [0.05, 0.1) is 11.5 Å². The van der Waals surface area contributed by atoms with Crippen LogP contribution in [0.4, 0.5) is 0 Å². The number of para-hydroxylation sites is 1. The van der Waals surface area contributed by atoms with E-state index in [1.54, 1.807) is 24.3 Å². The maximum absolute atomic E-state index is 12.9. The van der Waals surface area contributed by atoms with Crippen molar-refractivity contribution in [3.8, 4) is 5.75 Å². The van der Waals surface area contributed by atoms with Gasteiger partial charge < -0.3 is 14.8 Å². The highest BCUT2D eigenvalue weighted by Crippen LogP contribution is 2.36. The van der Waals surface area contributed by atoms with Crippen LogP contribution >= 0.6 is 0 Å². The van der Waals surface area contributed by atoms with Crippen LogP contribution in [0.1, 0.15) is 58.0 Å². The van der Waals surface area contributed by atoms with E-state index in [1.165, 1.54) is 6.92 Å². The smallest absolute Gasteiger partial charge is 0.526 e. The molecule has 2 aliphatic rings. The fraction of sp³-hybridized carbons (Fsp3) is 0.400. The molecule has 0 spiro atoms. The molecule has 0 amide bonds. The number of carbonyl (C=O) groups is 3. The van der Waals surface area contributed by atoms with Gasteiger partial charge in [-0.2, -0.15) is 0 Å². The molecule has 2 N–H and O–H groups in total. The molecule has 1 saturated heterocycles. The summed E-state index contributed by atoms with van der Waals surface area (Å²) < 4.78 is 5.64. The van der Waals surface area contributed by atoms with Crippen molar-refractivity contribution in [2.45, 2.75) is 45.0 Å². The lowest BCUT2D eigenvalue weighted by Gasteiger charge is -2.30. The molecule has 2 heterocycles. The Hall–Kier alpha value is -2.97. The zero-order chi connectivity index (χ0) is 23.5. The van der Waals surface area contributed by atoms with Crippen molar-refractivity contribution in [1.82, 2.24) is 4.90 Å². The number of hydrogen-bond donors (Lipinski definition) is 2. The maximum Gasteiger partial charge on any atom is 0.526 e. The first kappa shape index (κ1) is 23.2.